The van der Waals surface area contributed by atoms with Gasteiger partial charge in [-0.1, -0.05) is 158 Å². The summed E-state index contributed by atoms with van der Waals surface area (Å²) >= 11 is 0. The van der Waals surface area contributed by atoms with Gasteiger partial charge >= 0.3 is 0 Å². The predicted octanol–water partition coefficient (Wildman–Crippen LogP) is 14.7. The maximum Gasteiger partial charge on any atom is 0.0547 e. The number of para-hydroxylation sites is 2. The van der Waals surface area contributed by atoms with Crippen molar-refractivity contribution in [3.05, 3.63) is 206 Å². The summed E-state index contributed by atoms with van der Waals surface area (Å²) in [5.41, 5.74) is 11.9. The molecule has 0 spiro atoms. The van der Waals surface area contributed by atoms with Crippen LogP contribution in [0.1, 0.15) is 0 Å². The van der Waals surface area contributed by atoms with Crippen LogP contribution in [0, 0.1) is 0 Å². The van der Waals surface area contributed by atoms with Crippen LogP contribution in [0.2, 0.25) is 0 Å². The maximum absolute atomic E-state index is 2.46. The van der Waals surface area contributed by atoms with Gasteiger partial charge in [-0.15, -0.1) is 0 Å². The van der Waals surface area contributed by atoms with Gasteiger partial charge in [-0.05, 0) is 103 Å². The van der Waals surface area contributed by atoms with Crippen molar-refractivity contribution in [1.82, 2.24) is 9.13 Å². The van der Waals surface area contributed by atoms with Crippen LogP contribution in [0.4, 0.5) is 0 Å². The molecule has 12 rings (SSSR count). The minimum Gasteiger partial charge on any atom is -0.309 e. The van der Waals surface area contributed by atoms with Gasteiger partial charge in [0.15, 0.2) is 0 Å². The molecule has 0 saturated heterocycles. The van der Waals surface area contributed by atoms with Crippen molar-refractivity contribution in [2.24, 2.45) is 0 Å². The predicted molar refractivity (Wildman–Crippen MR) is 239 cm³/mol. The van der Waals surface area contributed by atoms with Gasteiger partial charge in [-0.25, -0.2) is 0 Å². The molecule has 0 atom stereocenters. The Bertz CT molecular complexity index is 3490. The van der Waals surface area contributed by atoms with E-state index >= 15 is 0 Å². The van der Waals surface area contributed by atoms with Crippen molar-refractivity contribution in [1.29, 1.82) is 0 Å². The number of aromatic nitrogens is 2. The van der Waals surface area contributed by atoms with E-state index in [1.165, 1.54) is 98.2 Å². The van der Waals surface area contributed by atoms with E-state index in [-0.39, 0.29) is 0 Å². The third kappa shape index (κ3) is 4.57. The first-order valence-corrected chi connectivity index (χ1v) is 19.3. The molecule has 0 saturated carbocycles. The number of nitrogens with zero attached hydrogens (tertiary/aromatic N) is 2. The lowest BCUT2D eigenvalue weighted by molar-refractivity contribution is 1.18. The van der Waals surface area contributed by atoms with Crippen molar-refractivity contribution < 1.29 is 0 Å². The van der Waals surface area contributed by atoms with Gasteiger partial charge in [-0.3, -0.25) is 0 Å². The average Bonchev–Trinajstić information content (AvgIpc) is 3.79. The van der Waals surface area contributed by atoms with Crippen molar-refractivity contribution in [3.8, 4) is 33.6 Å². The zero-order valence-corrected chi connectivity index (χ0v) is 30.5. The van der Waals surface area contributed by atoms with Crippen LogP contribution in [0.15, 0.2) is 206 Å². The molecular formula is C54H34N2. The highest BCUT2D eigenvalue weighted by Crippen LogP contribution is 2.41. The summed E-state index contributed by atoms with van der Waals surface area (Å²) < 4.78 is 4.89. The number of rotatable bonds is 4. The maximum atomic E-state index is 2.46. The van der Waals surface area contributed by atoms with Crippen LogP contribution in [0.5, 0.6) is 0 Å². The molecule has 0 aliphatic rings. The summed E-state index contributed by atoms with van der Waals surface area (Å²) in [4.78, 5) is 0. The van der Waals surface area contributed by atoms with Gasteiger partial charge in [-0.2, -0.15) is 0 Å². The molecule has 0 N–H and O–H groups in total. The lowest BCUT2D eigenvalue weighted by Gasteiger charge is -2.14. The fourth-order valence-electron chi connectivity index (χ4n) is 9.35. The number of hydrogen-bond acceptors (Lipinski definition) is 0. The van der Waals surface area contributed by atoms with E-state index in [1.807, 2.05) is 0 Å². The first kappa shape index (κ1) is 31.0. The minimum atomic E-state index is 1.15. The molecule has 56 heavy (non-hydrogen) atoms. The van der Waals surface area contributed by atoms with Gasteiger partial charge in [0.1, 0.15) is 0 Å². The van der Waals surface area contributed by atoms with E-state index in [4.69, 9.17) is 0 Å². The molecule has 2 heterocycles. The summed E-state index contributed by atoms with van der Waals surface area (Å²) in [7, 11) is 0. The Hall–Kier alpha value is -7.42. The molecular weight excluding hydrogens is 677 g/mol. The first-order valence-electron chi connectivity index (χ1n) is 19.3. The quantitative estimate of drug-likeness (QED) is 0.161. The molecule has 0 unspecified atom stereocenters. The minimum absolute atomic E-state index is 1.15. The van der Waals surface area contributed by atoms with Gasteiger partial charge in [0.2, 0.25) is 0 Å². The second-order valence-electron chi connectivity index (χ2n) is 14.9. The normalized spacial score (nSPS) is 11.9. The molecule has 12 aromatic rings. The number of fused-ring (bicyclic) bond motifs is 12. The Morgan fingerprint density at radius 2 is 0.589 bits per heavy atom. The van der Waals surface area contributed by atoms with Crippen LogP contribution in [-0.4, -0.2) is 9.13 Å². The molecule has 260 valence electrons. The SMILES string of the molecule is c1ccc(-c2cccc(-n3c4ccccc4c4ccc(-c5ccc6c7ccccc7n(-c7ccc8c9ccccc9c9ccccc9c8c7)c6c5)cc43)c2)cc1. The Labute approximate surface area is 323 Å². The highest BCUT2D eigenvalue weighted by molar-refractivity contribution is 6.25. The van der Waals surface area contributed by atoms with E-state index in [2.05, 4.69) is 215 Å². The standard InChI is InChI=1S/C54H34N2/c1-2-13-35(14-3-1)36-15-12-16-39(31-36)55-51-23-10-8-21-46(51)48-28-25-37(32-53(48)55)38-26-29-49-47-22-9-11-24-52(47)56(54(49)33-38)40-27-30-45-43-19-5-4-17-41(43)42-18-6-7-20-44(42)50(45)34-40/h1-34H. The summed E-state index contributed by atoms with van der Waals surface area (Å²) in [6, 6.07) is 75.8. The Kier molecular flexibility index (Phi) is 6.66. The van der Waals surface area contributed by atoms with Crippen LogP contribution in [0.25, 0.3) is 110 Å². The highest BCUT2D eigenvalue weighted by atomic mass is 15.0. The van der Waals surface area contributed by atoms with E-state index in [0.717, 1.165) is 11.4 Å². The lowest BCUT2D eigenvalue weighted by Crippen LogP contribution is -1.95. The van der Waals surface area contributed by atoms with Crippen molar-refractivity contribution in [3.63, 3.8) is 0 Å². The molecule has 0 fully saturated rings. The molecule has 2 heteroatoms. The van der Waals surface area contributed by atoms with Crippen molar-refractivity contribution in [2.75, 3.05) is 0 Å². The van der Waals surface area contributed by atoms with Gasteiger partial charge in [0.05, 0.1) is 22.1 Å². The molecule has 2 aromatic heterocycles. The van der Waals surface area contributed by atoms with Crippen LogP contribution >= 0.6 is 0 Å². The van der Waals surface area contributed by atoms with Crippen molar-refractivity contribution >= 4 is 75.9 Å². The second-order valence-corrected chi connectivity index (χ2v) is 14.9. The topological polar surface area (TPSA) is 9.86 Å². The molecule has 0 amide bonds. The van der Waals surface area contributed by atoms with E-state index in [1.54, 1.807) is 0 Å². The average molecular weight is 711 g/mol. The molecule has 10 aromatic carbocycles. The van der Waals surface area contributed by atoms with Crippen molar-refractivity contribution in [2.45, 2.75) is 0 Å². The fraction of sp³-hybridized carbons (Fsp3) is 0. The van der Waals surface area contributed by atoms with E-state index < -0.39 is 0 Å². The zero-order chi connectivity index (χ0) is 36.7. The number of benzene rings is 10. The summed E-state index contributed by atoms with van der Waals surface area (Å²) in [6.45, 7) is 0. The second kappa shape index (κ2) is 12.0. The zero-order valence-electron chi connectivity index (χ0n) is 30.5. The Morgan fingerprint density at radius 3 is 1.16 bits per heavy atom. The smallest absolute Gasteiger partial charge is 0.0547 e. The molecule has 0 radical (unpaired) electrons. The summed E-state index contributed by atoms with van der Waals surface area (Å²) in [6.07, 6.45) is 0. The van der Waals surface area contributed by atoms with E-state index in [9.17, 15) is 0 Å². The molecule has 2 nitrogen and oxygen atoms in total. The third-order valence-electron chi connectivity index (χ3n) is 11.9. The van der Waals surface area contributed by atoms with Crippen LogP contribution < -0.4 is 0 Å². The monoisotopic (exact) mass is 710 g/mol. The van der Waals surface area contributed by atoms with Crippen LogP contribution in [-0.2, 0) is 0 Å². The molecule has 0 aliphatic heterocycles. The largest absolute Gasteiger partial charge is 0.309 e. The summed E-state index contributed by atoms with van der Waals surface area (Å²) in [5, 5.41) is 12.7. The third-order valence-corrected chi connectivity index (χ3v) is 11.9. The van der Waals surface area contributed by atoms with Crippen LogP contribution in [0.3, 0.4) is 0 Å². The summed E-state index contributed by atoms with van der Waals surface area (Å²) in [5.74, 6) is 0. The van der Waals surface area contributed by atoms with Gasteiger partial charge in [0.25, 0.3) is 0 Å². The highest BCUT2D eigenvalue weighted by Gasteiger charge is 2.18. The Morgan fingerprint density at radius 1 is 0.196 bits per heavy atom. The Balaban J connectivity index is 1.08. The lowest BCUT2D eigenvalue weighted by atomic mass is 9.94. The van der Waals surface area contributed by atoms with E-state index in [0.29, 0.717) is 0 Å². The fourth-order valence-corrected chi connectivity index (χ4v) is 9.35. The first-order chi connectivity index (χ1) is 27.8. The van der Waals surface area contributed by atoms with Gasteiger partial charge < -0.3 is 9.13 Å². The molecule has 0 bridgehead atoms. The van der Waals surface area contributed by atoms with Gasteiger partial charge in [0, 0.05) is 32.9 Å². The molecule has 0 aliphatic carbocycles. The number of hydrogen-bond donors (Lipinski definition) is 0.